The second kappa shape index (κ2) is 19.8. The Labute approximate surface area is 402 Å². The maximum absolute atomic E-state index is 2.45. The first-order valence-corrected chi connectivity index (χ1v) is 24.3. The maximum Gasteiger partial charge on any atom is 0.0464 e. The van der Waals surface area contributed by atoms with E-state index in [4.69, 9.17) is 0 Å². The fourth-order valence-corrected chi connectivity index (χ4v) is 10.4. The lowest BCUT2D eigenvalue weighted by Gasteiger charge is -2.30. The molecule has 3 aliphatic rings. The highest BCUT2D eigenvalue weighted by Crippen LogP contribution is 2.43. The molecular weight excluding hydrogens is 819 g/mol. The van der Waals surface area contributed by atoms with Gasteiger partial charge in [-0.05, 0) is 147 Å². The van der Waals surface area contributed by atoms with Crippen molar-refractivity contribution in [1.29, 1.82) is 0 Å². The average Bonchev–Trinajstić information content (AvgIpc) is 3.43. The molecule has 0 saturated heterocycles. The van der Waals surface area contributed by atoms with Crippen molar-refractivity contribution in [1.82, 2.24) is 0 Å². The normalized spacial score (nSPS) is 15.8. The molecule has 2 unspecified atom stereocenters. The summed E-state index contributed by atoms with van der Waals surface area (Å²) in [6, 6.07) is 76.1. The molecule has 0 aliphatic heterocycles. The van der Waals surface area contributed by atoms with Crippen LogP contribution in [0.2, 0.25) is 0 Å². The van der Waals surface area contributed by atoms with Gasteiger partial charge in [0.25, 0.3) is 0 Å². The number of hydrogen-bond donors (Lipinski definition) is 0. The molecule has 1 nitrogen and oxygen atoms in total. The molecule has 2 atom stereocenters. The largest absolute Gasteiger partial charge is 0.311 e. The van der Waals surface area contributed by atoms with Crippen molar-refractivity contribution < 1.29 is 0 Å². The van der Waals surface area contributed by atoms with Crippen molar-refractivity contribution in [2.75, 3.05) is 4.90 Å². The van der Waals surface area contributed by atoms with Crippen LogP contribution in [0.15, 0.2) is 272 Å². The second-order valence-corrected chi connectivity index (χ2v) is 18.2. The Morgan fingerprint density at radius 1 is 0.426 bits per heavy atom. The molecule has 1 heteroatoms. The van der Waals surface area contributed by atoms with Crippen molar-refractivity contribution in [3.8, 4) is 44.5 Å². The van der Waals surface area contributed by atoms with E-state index in [1.165, 1.54) is 89.3 Å². The van der Waals surface area contributed by atoms with Gasteiger partial charge in [0.1, 0.15) is 0 Å². The van der Waals surface area contributed by atoms with Crippen LogP contribution in [-0.2, 0) is 0 Å². The Balaban J connectivity index is 0.900. The van der Waals surface area contributed by atoms with Gasteiger partial charge in [-0.2, -0.15) is 0 Å². The smallest absolute Gasteiger partial charge is 0.0464 e. The molecule has 0 bridgehead atoms. The van der Waals surface area contributed by atoms with Gasteiger partial charge < -0.3 is 4.90 Å². The molecule has 11 rings (SSSR count). The lowest BCUT2D eigenvalue weighted by Crippen LogP contribution is -2.17. The Bertz CT molecular complexity index is 3220. The number of benzene rings is 8. The Kier molecular flexibility index (Phi) is 12.4. The summed E-state index contributed by atoms with van der Waals surface area (Å²) in [6.07, 6.45) is 25.9. The van der Waals surface area contributed by atoms with Crippen LogP contribution in [0.25, 0.3) is 50.1 Å². The molecule has 0 heterocycles. The van der Waals surface area contributed by atoms with Crippen LogP contribution in [-0.4, -0.2) is 0 Å². The van der Waals surface area contributed by atoms with Gasteiger partial charge in [0.15, 0.2) is 0 Å². The summed E-state index contributed by atoms with van der Waals surface area (Å²) >= 11 is 0. The zero-order chi connectivity index (χ0) is 45.5. The van der Waals surface area contributed by atoms with Gasteiger partial charge in [-0.15, -0.1) is 0 Å². The van der Waals surface area contributed by atoms with Gasteiger partial charge in [0.2, 0.25) is 0 Å². The molecule has 0 spiro atoms. The predicted molar refractivity (Wildman–Crippen MR) is 289 cm³/mol. The van der Waals surface area contributed by atoms with Crippen molar-refractivity contribution in [2.24, 2.45) is 0 Å². The quantitative estimate of drug-likeness (QED) is 0.118. The minimum atomic E-state index is 0.211. The molecule has 0 radical (unpaired) electrons. The van der Waals surface area contributed by atoms with Crippen LogP contribution >= 0.6 is 0 Å². The zero-order valence-corrected chi connectivity index (χ0v) is 38.5. The van der Waals surface area contributed by atoms with Crippen LogP contribution in [0.1, 0.15) is 66.2 Å². The van der Waals surface area contributed by atoms with E-state index in [1.807, 2.05) is 0 Å². The molecule has 0 aromatic heterocycles. The van der Waals surface area contributed by atoms with Crippen LogP contribution in [0.5, 0.6) is 0 Å². The number of rotatable bonds is 12. The lowest BCUT2D eigenvalue weighted by molar-refractivity contribution is 0.838. The van der Waals surface area contributed by atoms with E-state index in [1.54, 1.807) is 0 Å². The maximum atomic E-state index is 2.45. The summed E-state index contributed by atoms with van der Waals surface area (Å²) in [6.45, 7) is 0. The van der Waals surface area contributed by atoms with E-state index in [9.17, 15) is 0 Å². The molecule has 328 valence electrons. The SMILES string of the molecule is C1=CCC(c2cc(N(C3=CCCC=C3)c3ccc(-c4ccccc4)cc3)ccc2-c2cccc(-c3cccc(C4=CC=C(C(c5ccccc5)c5ccc(-c6ccccc6)cc5)CC4)c3)c2)C=C1. The van der Waals surface area contributed by atoms with Crippen LogP contribution < -0.4 is 4.90 Å². The summed E-state index contributed by atoms with van der Waals surface area (Å²) in [7, 11) is 0. The van der Waals surface area contributed by atoms with Crippen LogP contribution in [0, 0.1) is 0 Å². The van der Waals surface area contributed by atoms with Gasteiger partial charge in [0.05, 0.1) is 0 Å². The summed E-state index contributed by atoms with van der Waals surface area (Å²) < 4.78 is 0. The monoisotopic (exact) mass is 873 g/mol. The Morgan fingerprint density at radius 2 is 1.01 bits per heavy atom. The van der Waals surface area contributed by atoms with E-state index in [-0.39, 0.29) is 11.8 Å². The molecule has 8 aromatic rings. The first-order valence-electron chi connectivity index (χ1n) is 24.3. The Morgan fingerprint density at radius 3 is 1.65 bits per heavy atom. The van der Waals surface area contributed by atoms with E-state index in [2.05, 4.69) is 266 Å². The van der Waals surface area contributed by atoms with E-state index < -0.39 is 0 Å². The van der Waals surface area contributed by atoms with Gasteiger partial charge in [-0.1, -0.05) is 224 Å². The molecule has 0 N–H and O–H groups in total. The van der Waals surface area contributed by atoms with Gasteiger partial charge in [0, 0.05) is 28.9 Å². The van der Waals surface area contributed by atoms with Crippen LogP contribution in [0.3, 0.4) is 0 Å². The summed E-state index contributed by atoms with van der Waals surface area (Å²) in [5.41, 5.74) is 21.6. The van der Waals surface area contributed by atoms with Crippen LogP contribution in [0.4, 0.5) is 11.4 Å². The summed E-state index contributed by atoms with van der Waals surface area (Å²) in [5.74, 6) is 0.481. The summed E-state index contributed by atoms with van der Waals surface area (Å²) in [4.78, 5) is 2.44. The molecule has 0 fully saturated rings. The van der Waals surface area contributed by atoms with Crippen molar-refractivity contribution >= 4 is 16.9 Å². The first kappa shape index (κ1) is 42.6. The number of hydrogen-bond acceptors (Lipinski definition) is 1. The third-order valence-corrected chi connectivity index (χ3v) is 13.9. The zero-order valence-electron chi connectivity index (χ0n) is 38.5. The molecule has 68 heavy (non-hydrogen) atoms. The van der Waals surface area contributed by atoms with E-state index in [0.29, 0.717) is 0 Å². The fraction of sp³-hybridized carbons (Fsp3) is 0.104. The van der Waals surface area contributed by atoms with Gasteiger partial charge in [-0.3, -0.25) is 0 Å². The highest BCUT2D eigenvalue weighted by atomic mass is 15.1. The summed E-state index contributed by atoms with van der Waals surface area (Å²) in [5, 5.41) is 0. The first-order chi connectivity index (χ1) is 33.7. The number of allylic oxidation sites excluding steroid dienone is 11. The van der Waals surface area contributed by atoms with Crippen molar-refractivity contribution in [3.63, 3.8) is 0 Å². The third kappa shape index (κ3) is 9.22. The molecular formula is C67H55N. The van der Waals surface area contributed by atoms with E-state index >= 15 is 0 Å². The minimum absolute atomic E-state index is 0.211. The average molecular weight is 874 g/mol. The van der Waals surface area contributed by atoms with Crippen molar-refractivity contribution in [3.05, 3.63) is 294 Å². The second-order valence-electron chi connectivity index (χ2n) is 18.2. The topological polar surface area (TPSA) is 3.24 Å². The standard InChI is InChI=1S/C67H55N/c1-6-18-49(19-7-1)51-32-36-56(37-33-51)67(55-24-12-4-13-25-55)57-38-34-53(35-39-57)58-26-16-27-59(46-58)60-28-17-29-61(47-60)65-45-44-64(48-66(65)54-22-10-3-11-23-54)68(62-30-14-5-15-31-62)63-42-40-52(41-43-63)50-20-8-2-9-21-50/h1-4,6-14,16-22,24-34,36-38,40-48,54,67H,5,15,23,35,39H2. The highest BCUT2D eigenvalue weighted by molar-refractivity contribution is 5.82. The highest BCUT2D eigenvalue weighted by Gasteiger charge is 2.23. The van der Waals surface area contributed by atoms with Gasteiger partial charge in [-0.25, -0.2) is 0 Å². The third-order valence-electron chi connectivity index (χ3n) is 13.9. The van der Waals surface area contributed by atoms with Crippen molar-refractivity contribution in [2.45, 2.75) is 43.9 Å². The van der Waals surface area contributed by atoms with E-state index in [0.717, 1.165) is 37.8 Å². The predicted octanol–water partition coefficient (Wildman–Crippen LogP) is 18.3. The molecule has 0 saturated carbocycles. The fourth-order valence-electron chi connectivity index (χ4n) is 10.4. The molecule has 3 aliphatic carbocycles. The molecule has 0 amide bonds. The number of nitrogens with zero attached hydrogens (tertiary/aromatic N) is 1. The molecule has 8 aromatic carbocycles. The number of anilines is 2. The Hall–Kier alpha value is -8.00. The lowest BCUT2D eigenvalue weighted by atomic mass is 9.79. The minimum Gasteiger partial charge on any atom is -0.311 e. The van der Waals surface area contributed by atoms with Gasteiger partial charge >= 0.3 is 0 Å².